The Bertz CT molecular complexity index is 561. The molecule has 0 atom stereocenters. The topological polar surface area (TPSA) is 105 Å². The minimum Gasteiger partial charge on any atom is -0.427 e. The Hall–Kier alpha value is -2.29. The molecule has 1 aromatic carbocycles. The van der Waals surface area contributed by atoms with Gasteiger partial charge < -0.3 is 14.3 Å². The van der Waals surface area contributed by atoms with Crippen molar-refractivity contribution in [1.82, 2.24) is 0 Å². The average Bonchev–Trinajstić information content (AvgIpc) is 2.44. The third-order valence-corrected chi connectivity index (χ3v) is 2.75. The third kappa shape index (κ3) is 6.44. The van der Waals surface area contributed by atoms with Crippen molar-refractivity contribution >= 4 is 24.6 Å². The van der Waals surface area contributed by atoms with E-state index in [1.807, 2.05) is 0 Å². The maximum atomic E-state index is 11.6. The quantitative estimate of drug-likeness (QED) is 0.194. The Morgan fingerprint density at radius 1 is 1.32 bits per heavy atom. The molecule has 0 unspecified atom stereocenters. The number of hydrogen-bond donors (Lipinski definition) is 1. The van der Waals surface area contributed by atoms with Crippen LogP contribution in [0.1, 0.15) is 25.3 Å². The van der Waals surface area contributed by atoms with Gasteiger partial charge >= 0.3 is 11.9 Å². The first-order valence-electron chi connectivity index (χ1n) is 6.32. The average molecular weight is 329 g/mol. The molecule has 0 N–H and O–H groups in total. The van der Waals surface area contributed by atoms with Crippen LogP contribution in [0.3, 0.4) is 0 Å². The molecule has 0 amide bonds. The van der Waals surface area contributed by atoms with Crippen LogP contribution >= 0.6 is 12.6 Å². The Morgan fingerprint density at radius 2 is 2.05 bits per heavy atom. The van der Waals surface area contributed by atoms with E-state index < -0.39 is 17.0 Å². The first kappa shape index (κ1) is 17.8. The molecule has 0 aliphatic heterocycles. The maximum Gasteiger partial charge on any atom is 0.311 e. The van der Waals surface area contributed by atoms with Gasteiger partial charge in [0.2, 0.25) is 0 Å². The van der Waals surface area contributed by atoms with Crippen LogP contribution in [0, 0.1) is 10.1 Å². The van der Waals surface area contributed by atoms with E-state index in [1.165, 1.54) is 25.1 Å². The monoisotopic (exact) mass is 329 g/mol. The molecule has 0 spiro atoms. The van der Waals surface area contributed by atoms with E-state index in [1.54, 1.807) is 0 Å². The summed E-state index contributed by atoms with van der Waals surface area (Å²) in [5.74, 6) is -0.0808. The molecule has 0 saturated heterocycles. The number of carbonyl (C=O) groups excluding carboxylic acids is 2. The van der Waals surface area contributed by atoms with Gasteiger partial charge in [0.1, 0.15) is 11.5 Å². The zero-order valence-electron chi connectivity index (χ0n) is 11.8. The highest BCUT2D eigenvalue weighted by molar-refractivity contribution is 7.79. The zero-order valence-corrected chi connectivity index (χ0v) is 12.7. The summed E-state index contributed by atoms with van der Waals surface area (Å²) in [6, 6.07) is 4.53. The molecule has 22 heavy (non-hydrogen) atoms. The molecule has 0 aromatic heterocycles. The molecule has 8 nitrogen and oxygen atoms in total. The first-order valence-corrected chi connectivity index (χ1v) is 6.95. The van der Waals surface area contributed by atoms with E-state index in [0.29, 0.717) is 17.1 Å². The molecule has 120 valence electrons. The number of esters is 2. The second-order valence-corrected chi connectivity index (χ2v) is 4.47. The molecule has 0 heterocycles. The van der Waals surface area contributed by atoms with E-state index in [0.717, 1.165) is 0 Å². The molecule has 0 fully saturated rings. The number of hydrogen-bond acceptors (Lipinski definition) is 8. The number of thiol groups is 1. The van der Waals surface area contributed by atoms with Crippen LogP contribution in [0.2, 0.25) is 0 Å². The minimum absolute atomic E-state index is 0.0181. The molecule has 0 bridgehead atoms. The van der Waals surface area contributed by atoms with Gasteiger partial charge in [-0.2, -0.15) is 12.6 Å². The fourth-order valence-electron chi connectivity index (χ4n) is 1.54. The summed E-state index contributed by atoms with van der Waals surface area (Å²) in [6.07, 6.45) is 0.153. The molecule has 0 radical (unpaired) electrons. The predicted molar refractivity (Wildman–Crippen MR) is 78.3 cm³/mol. The number of nitrogens with zero attached hydrogens (tertiary/aromatic N) is 1. The normalized spacial score (nSPS) is 9.91. The van der Waals surface area contributed by atoms with Gasteiger partial charge in [-0.1, -0.05) is 0 Å². The lowest BCUT2D eigenvalue weighted by molar-refractivity contribution is -0.757. The molecule has 1 aromatic rings. The third-order valence-electron chi connectivity index (χ3n) is 2.41. The molecular weight excluding hydrogens is 314 g/mol. The highest BCUT2D eigenvalue weighted by atomic mass is 32.1. The molecule has 0 aliphatic rings. The van der Waals surface area contributed by atoms with E-state index >= 15 is 0 Å². The van der Waals surface area contributed by atoms with Gasteiger partial charge in [-0.25, -0.2) is 0 Å². The molecular formula is C13H15NO7S. The van der Waals surface area contributed by atoms with Crippen LogP contribution in [-0.4, -0.2) is 23.6 Å². The number of benzene rings is 1. The van der Waals surface area contributed by atoms with Crippen molar-refractivity contribution in [2.75, 3.05) is 6.61 Å². The largest absolute Gasteiger partial charge is 0.427 e. The van der Waals surface area contributed by atoms with Gasteiger partial charge in [-0.05, 0) is 24.6 Å². The van der Waals surface area contributed by atoms with Gasteiger partial charge in [0.05, 0.1) is 6.61 Å². The molecule has 0 saturated carbocycles. The summed E-state index contributed by atoms with van der Waals surface area (Å²) in [5, 5.41) is 9.02. The zero-order chi connectivity index (χ0) is 16.5. The first-order chi connectivity index (χ1) is 10.4. The predicted octanol–water partition coefficient (Wildman–Crippen LogP) is 1.94. The van der Waals surface area contributed by atoms with E-state index in [4.69, 9.17) is 9.47 Å². The smallest absolute Gasteiger partial charge is 0.311 e. The SMILES string of the molecule is CC(=O)Oc1ccc(OC(=O)CCCO[N+](=O)[O-])cc1CS. The van der Waals surface area contributed by atoms with Gasteiger partial charge in [-0.15, -0.1) is 10.1 Å². The summed E-state index contributed by atoms with van der Waals surface area (Å²) in [5.41, 5.74) is 0.598. The standard InChI is InChI=1S/C13H15NO7S/c1-9(15)20-12-5-4-11(7-10(12)8-22)21-13(16)3-2-6-19-14(17)18/h4-5,7,22H,2-3,6,8H2,1H3. The van der Waals surface area contributed by atoms with Crippen molar-refractivity contribution < 1.29 is 29.0 Å². The van der Waals surface area contributed by atoms with Crippen molar-refractivity contribution in [3.8, 4) is 11.5 Å². The van der Waals surface area contributed by atoms with Gasteiger partial charge in [0, 0.05) is 24.7 Å². The number of ether oxygens (including phenoxy) is 2. The summed E-state index contributed by atoms with van der Waals surface area (Å²) < 4.78 is 10.1. The second-order valence-electron chi connectivity index (χ2n) is 4.16. The highest BCUT2D eigenvalue weighted by Crippen LogP contribution is 2.26. The minimum atomic E-state index is -0.919. The number of rotatable bonds is 8. The van der Waals surface area contributed by atoms with Crippen LogP contribution in [0.25, 0.3) is 0 Å². The lowest BCUT2D eigenvalue weighted by Crippen LogP contribution is -2.11. The van der Waals surface area contributed by atoms with Crippen molar-refractivity contribution in [3.63, 3.8) is 0 Å². The summed E-state index contributed by atoms with van der Waals surface area (Å²) in [7, 11) is 0. The van der Waals surface area contributed by atoms with Gasteiger partial charge in [-0.3, -0.25) is 9.59 Å². The Morgan fingerprint density at radius 3 is 2.64 bits per heavy atom. The molecule has 0 aliphatic carbocycles. The summed E-state index contributed by atoms with van der Waals surface area (Å²) in [4.78, 5) is 36.5. The molecule has 1 rings (SSSR count). The maximum absolute atomic E-state index is 11.6. The Labute approximate surface area is 131 Å². The van der Waals surface area contributed by atoms with Crippen molar-refractivity contribution in [1.29, 1.82) is 0 Å². The van der Waals surface area contributed by atoms with Crippen molar-refractivity contribution in [2.45, 2.75) is 25.5 Å². The van der Waals surface area contributed by atoms with Crippen LogP contribution in [0.5, 0.6) is 11.5 Å². The van der Waals surface area contributed by atoms with E-state index in [-0.39, 0.29) is 25.2 Å². The fraction of sp³-hybridized carbons (Fsp3) is 0.385. The molecule has 9 heteroatoms. The van der Waals surface area contributed by atoms with Crippen molar-refractivity contribution in [2.24, 2.45) is 0 Å². The Balaban J connectivity index is 2.56. The van der Waals surface area contributed by atoms with Gasteiger partial charge in [0.15, 0.2) is 0 Å². The van der Waals surface area contributed by atoms with E-state index in [2.05, 4.69) is 17.5 Å². The lowest BCUT2D eigenvalue weighted by atomic mass is 10.2. The lowest BCUT2D eigenvalue weighted by Gasteiger charge is -2.10. The summed E-state index contributed by atoms with van der Waals surface area (Å²) in [6.45, 7) is 1.11. The second kappa shape index (κ2) is 8.88. The Kier molecular flexibility index (Phi) is 7.17. The van der Waals surface area contributed by atoms with E-state index in [9.17, 15) is 19.7 Å². The summed E-state index contributed by atoms with van der Waals surface area (Å²) >= 11 is 4.12. The van der Waals surface area contributed by atoms with Crippen LogP contribution in [-0.2, 0) is 20.2 Å². The number of carbonyl (C=O) groups is 2. The van der Waals surface area contributed by atoms with Crippen LogP contribution in [0.15, 0.2) is 18.2 Å². The van der Waals surface area contributed by atoms with Crippen LogP contribution < -0.4 is 9.47 Å². The fourth-order valence-corrected chi connectivity index (χ4v) is 1.78. The van der Waals surface area contributed by atoms with Crippen LogP contribution in [0.4, 0.5) is 0 Å². The van der Waals surface area contributed by atoms with Gasteiger partial charge in [0.25, 0.3) is 5.09 Å². The van der Waals surface area contributed by atoms with Crippen molar-refractivity contribution in [3.05, 3.63) is 33.9 Å². The highest BCUT2D eigenvalue weighted by Gasteiger charge is 2.10.